The van der Waals surface area contributed by atoms with E-state index in [4.69, 9.17) is 0 Å². The molecule has 3 rings (SSSR count). The molecule has 0 aliphatic carbocycles. The number of halogens is 1. The monoisotopic (exact) mass is 304 g/mol. The highest BCUT2D eigenvalue weighted by atomic mass is 19.1. The van der Waals surface area contributed by atoms with Crippen molar-refractivity contribution < 1.29 is 14.0 Å². The minimum Gasteiger partial charge on any atom is -0.342 e. The maximum Gasteiger partial charge on any atom is 0.228 e. The van der Waals surface area contributed by atoms with E-state index < -0.39 is 6.04 Å². The molecule has 1 aromatic rings. The van der Waals surface area contributed by atoms with E-state index in [1.807, 2.05) is 4.90 Å². The zero-order valence-corrected chi connectivity index (χ0v) is 12.8. The molecular weight excluding hydrogens is 283 g/mol. The Kier molecular flexibility index (Phi) is 4.14. The van der Waals surface area contributed by atoms with E-state index in [1.165, 1.54) is 6.07 Å². The molecule has 2 heterocycles. The summed E-state index contributed by atoms with van der Waals surface area (Å²) in [6.45, 7) is 1.55. The number of hydrogen-bond donors (Lipinski definition) is 0. The summed E-state index contributed by atoms with van der Waals surface area (Å²) in [5.41, 5.74) is 0.440. The van der Waals surface area contributed by atoms with E-state index in [2.05, 4.69) is 0 Å². The van der Waals surface area contributed by atoms with Crippen LogP contribution >= 0.6 is 0 Å². The fourth-order valence-corrected chi connectivity index (χ4v) is 3.61. The number of rotatable bonds is 2. The molecule has 0 unspecified atom stereocenters. The third-order valence-electron chi connectivity index (χ3n) is 4.82. The number of hydrogen-bond acceptors (Lipinski definition) is 2. The molecule has 118 valence electrons. The molecule has 22 heavy (non-hydrogen) atoms. The summed E-state index contributed by atoms with van der Waals surface area (Å²) in [4.78, 5) is 28.3. The van der Waals surface area contributed by atoms with Crippen LogP contribution in [0.5, 0.6) is 0 Å². The molecule has 0 spiro atoms. The van der Waals surface area contributed by atoms with Gasteiger partial charge < -0.3 is 9.80 Å². The Bertz CT molecular complexity index is 584. The molecular formula is C17H21FN2O2. The van der Waals surface area contributed by atoms with Crippen molar-refractivity contribution in [2.75, 3.05) is 20.1 Å². The molecule has 2 aliphatic heterocycles. The summed E-state index contributed by atoms with van der Waals surface area (Å²) in [5, 5.41) is 0. The van der Waals surface area contributed by atoms with Crippen LogP contribution in [0.3, 0.4) is 0 Å². The highest BCUT2D eigenvalue weighted by Crippen LogP contribution is 2.38. The average Bonchev–Trinajstić information content (AvgIpc) is 3.04. The van der Waals surface area contributed by atoms with Gasteiger partial charge in [0.2, 0.25) is 11.8 Å². The fourth-order valence-electron chi connectivity index (χ4n) is 3.61. The first kappa shape index (κ1) is 15.0. The van der Waals surface area contributed by atoms with Gasteiger partial charge in [-0.25, -0.2) is 4.39 Å². The van der Waals surface area contributed by atoms with Crippen LogP contribution in [0.1, 0.15) is 37.3 Å². The van der Waals surface area contributed by atoms with Crippen LogP contribution in [0.15, 0.2) is 24.3 Å². The first-order valence-electron chi connectivity index (χ1n) is 7.88. The fraction of sp³-hybridized carbons (Fsp3) is 0.529. The second-order valence-corrected chi connectivity index (χ2v) is 6.15. The van der Waals surface area contributed by atoms with Gasteiger partial charge in [0.1, 0.15) is 5.82 Å². The summed E-state index contributed by atoms with van der Waals surface area (Å²) in [7, 11) is 1.67. The molecule has 2 atom stereocenters. The van der Waals surface area contributed by atoms with E-state index in [9.17, 15) is 14.0 Å². The smallest absolute Gasteiger partial charge is 0.228 e. The quantitative estimate of drug-likeness (QED) is 0.841. The molecule has 0 N–H and O–H groups in total. The van der Waals surface area contributed by atoms with Gasteiger partial charge in [0.15, 0.2) is 0 Å². The van der Waals surface area contributed by atoms with Crippen molar-refractivity contribution in [3.63, 3.8) is 0 Å². The first-order valence-corrected chi connectivity index (χ1v) is 7.88. The number of benzene rings is 1. The molecule has 2 amide bonds. The van der Waals surface area contributed by atoms with Crippen LogP contribution in [-0.4, -0.2) is 41.8 Å². The summed E-state index contributed by atoms with van der Waals surface area (Å²) in [5.74, 6) is -0.671. The van der Waals surface area contributed by atoms with Gasteiger partial charge in [-0.1, -0.05) is 18.2 Å². The normalized spacial score (nSPS) is 25.6. The first-order chi connectivity index (χ1) is 10.6. The van der Waals surface area contributed by atoms with Crippen LogP contribution in [0.4, 0.5) is 4.39 Å². The van der Waals surface area contributed by atoms with Gasteiger partial charge in [0.05, 0.1) is 12.0 Å². The number of amides is 2. The van der Waals surface area contributed by atoms with E-state index in [0.29, 0.717) is 18.4 Å². The van der Waals surface area contributed by atoms with Crippen molar-refractivity contribution in [3.8, 4) is 0 Å². The van der Waals surface area contributed by atoms with Crippen molar-refractivity contribution in [1.82, 2.24) is 9.80 Å². The van der Waals surface area contributed by atoms with Crippen LogP contribution in [-0.2, 0) is 9.59 Å². The Morgan fingerprint density at radius 3 is 2.59 bits per heavy atom. The molecule has 0 bridgehead atoms. The van der Waals surface area contributed by atoms with Crippen molar-refractivity contribution in [1.29, 1.82) is 0 Å². The number of likely N-dealkylation sites (tertiary alicyclic amines) is 2. The molecule has 5 heteroatoms. The minimum absolute atomic E-state index is 0.0290. The van der Waals surface area contributed by atoms with Gasteiger partial charge in [-0.3, -0.25) is 9.59 Å². The lowest BCUT2D eigenvalue weighted by Gasteiger charge is -2.40. The van der Waals surface area contributed by atoms with Crippen molar-refractivity contribution >= 4 is 11.8 Å². The van der Waals surface area contributed by atoms with Crippen LogP contribution in [0, 0.1) is 11.7 Å². The van der Waals surface area contributed by atoms with Gasteiger partial charge in [-0.15, -0.1) is 0 Å². The van der Waals surface area contributed by atoms with Gasteiger partial charge >= 0.3 is 0 Å². The lowest BCUT2D eigenvalue weighted by Crippen LogP contribution is -2.47. The van der Waals surface area contributed by atoms with Crippen molar-refractivity contribution in [2.45, 2.75) is 31.7 Å². The van der Waals surface area contributed by atoms with Gasteiger partial charge in [-0.2, -0.15) is 0 Å². The molecule has 2 aliphatic rings. The Morgan fingerprint density at radius 1 is 1.23 bits per heavy atom. The number of carbonyl (C=O) groups excluding carboxylic acids is 2. The summed E-state index contributed by atoms with van der Waals surface area (Å²) in [6.07, 6.45) is 2.90. The van der Waals surface area contributed by atoms with Crippen LogP contribution < -0.4 is 0 Å². The van der Waals surface area contributed by atoms with Crippen LogP contribution in [0.25, 0.3) is 0 Å². The van der Waals surface area contributed by atoms with E-state index in [1.54, 1.807) is 30.1 Å². The van der Waals surface area contributed by atoms with Gasteiger partial charge in [0, 0.05) is 32.1 Å². The molecule has 1 aromatic carbocycles. The van der Waals surface area contributed by atoms with Crippen LogP contribution in [0.2, 0.25) is 0 Å². The lowest BCUT2D eigenvalue weighted by atomic mass is 9.83. The van der Waals surface area contributed by atoms with E-state index in [0.717, 1.165) is 25.9 Å². The Labute approximate surface area is 129 Å². The van der Waals surface area contributed by atoms with Crippen molar-refractivity contribution in [3.05, 3.63) is 35.6 Å². The SMILES string of the molecule is CN1C(=O)CC[C@@H](C(=O)N2CCCC2)[C@H]1c1ccccc1F. The molecule has 2 saturated heterocycles. The third-order valence-corrected chi connectivity index (χ3v) is 4.82. The van der Waals surface area contributed by atoms with E-state index in [-0.39, 0.29) is 23.5 Å². The lowest BCUT2D eigenvalue weighted by molar-refractivity contribution is -0.146. The van der Waals surface area contributed by atoms with E-state index >= 15 is 0 Å². The molecule has 0 aromatic heterocycles. The Morgan fingerprint density at radius 2 is 1.91 bits per heavy atom. The number of nitrogens with zero attached hydrogens (tertiary/aromatic N) is 2. The van der Waals surface area contributed by atoms with Crippen molar-refractivity contribution in [2.24, 2.45) is 5.92 Å². The maximum atomic E-state index is 14.2. The highest BCUT2D eigenvalue weighted by Gasteiger charge is 2.41. The largest absolute Gasteiger partial charge is 0.342 e. The Balaban J connectivity index is 1.94. The summed E-state index contributed by atoms with van der Waals surface area (Å²) >= 11 is 0. The zero-order chi connectivity index (χ0) is 15.7. The predicted octanol–water partition coefficient (Wildman–Crippen LogP) is 2.36. The maximum absolute atomic E-state index is 14.2. The molecule has 0 saturated carbocycles. The topological polar surface area (TPSA) is 40.6 Å². The zero-order valence-electron chi connectivity index (χ0n) is 12.8. The Hall–Kier alpha value is -1.91. The molecule has 0 radical (unpaired) electrons. The molecule has 4 nitrogen and oxygen atoms in total. The van der Waals surface area contributed by atoms with Gasteiger partial charge in [0.25, 0.3) is 0 Å². The summed E-state index contributed by atoms with van der Waals surface area (Å²) in [6, 6.07) is 5.94. The number of piperidine rings is 1. The standard InChI is InChI=1S/C17H21FN2O2/c1-19-15(21)9-8-13(17(22)20-10-4-5-11-20)16(19)12-6-2-3-7-14(12)18/h2-3,6-7,13,16H,4-5,8-11H2,1H3/t13-,16-/m1/s1. The summed E-state index contributed by atoms with van der Waals surface area (Å²) < 4.78 is 14.2. The van der Waals surface area contributed by atoms with Gasteiger partial charge in [-0.05, 0) is 25.3 Å². The predicted molar refractivity (Wildman–Crippen MR) is 80.4 cm³/mol. The second kappa shape index (κ2) is 6.07. The highest BCUT2D eigenvalue weighted by molar-refractivity contribution is 5.85. The second-order valence-electron chi connectivity index (χ2n) is 6.15. The third kappa shape index (κ3) is 2.60. The number of carbonyl (C=O) groups is 2. The minimum atomic E-state index is -0.504. The molecule has 2 fully saturated rings. The average molecular weight is 304 g/mol.